The van der Waals surface area contributed by atoms with E-state index in [1.807, 2.05) is 0 Å². The summed E-state index contributed by atoms with van der Waals surface area (Å²) in [6, 6.07) is 4.60. The zero-order chi connectivity index (χ0) is 20.2. The van der Waals surface area contributed by atoms with Crippen molar-refractivity contribution in [1.29, 1.82) is 0 Å². The summed E-state index contributed by atoms with van der Waals surface area (Å²) in [7, 11) is -3.75. The molecule has 0 spiro atoms. The van der Waals surface area contributed by atoms with E-state index in [4.69, 9.17) is 27.9 Å². The smallest absolute Gasteiger partial charge is 0.309 e. The Bertz CT molecular complexity index is 808. The van der Waals surface area contributed by atoms with Crippen molar-refractivity contribution in [3.63, 3.8) is 0 Å². The summed E-state index contributed by atoms with van der Waals surface area (Å²) in [6.07, 6.45) is 1.98. The van der Waals surface area contributed by atoms with Crippen LogP contribution in [-0.2, 0) is 24.3 Å². The molecule has 0 saturated carbocycles. The van der Waals surface area contributed by atoms with E-state index in [-0.39, 0.29) is 40.1 Å². The first kappa shape index (κ1) is 21.8. The lowest BCUT2D eigenvalue weighted by atomic mass is 9.97. The van der Waals surface area contributed by atoms with Gasteiger partial charge in [0.1, 0.15) is 6.54 Å². The van der Waals surface area contributed by atoms with Crippen molar-refractivity contribution in [2.45, 2.75) is 19.8 Å². The second-order valence-corrected chi connectivity index (χ2v) is 8.94. The van der Waals surface area contributed by atoms with Gasteiger partial charge in [-0.2, -0.15) is 0 Å². The second kappa shape index (κ2) is 9.12. The van der Waals surface area contributed by atoms with Gasteiger partial charge in [0.15, 0.2) is 0 Å². The van der Waals surface area contributed by atoms with Gasteiger partial charge >= 0.3 is 5.97 Å². The summed E-state index contributed by atoms with van der Waals surface area (Å²) in [4.78, 5) is 26.0. The van der Waals surface area contributed by atoms with Crippen molar-refractivity contribution in [3.8, 4) is 0 Å². The Kier molecular flexibility index (Phi) is 7.36. The quantitative estimate of drug-likeness (QED) is 0.639. The highest BCUT2D eigenvalue weighted by Crippen LogP contribution is 2.33. The maximum atomic E-state index is 12.7. The van der Waals surface area contributed by atoms with Gasteiger partial charge in [0.2, 0.25) is 15.9 Å². The van der Waals surface area contributed by atoms with Gasteiger partial charge in [0, 0.05) is 13.1 Å². The number of anilines is 1. The zero-order valence-corrected chi connectivity index (χ0v) is 17.5. The van der Waals surface area contributed by atoms with Crippen LogP contribution in [0, 0.1) is 5.92 Å². The maximum Gasteiger partial charge on any atom is 0.309 e. The number of hydrogen-bond acceptors (Lipinski definition) is 5. The molecule has 0 aliphatic carbocycles. The lowest BCUT2D eigenvalue weighted by Crippen LogP contribution is -2.46. The number of nitrogens with zero attached hydrogens (tertiary/aromatic N) is 2. The monoisotopic (exact) mass is 436 g/mol. The van der Waals surface area contributed by atoms with Gasteiger partial charge in [0.25, 0.3) is 0 Å². The van der Waals surface area contributed by atoms with E-state index < -0.39 is 10.0 Å². The van der Waals surface area contributed by atoms with Gasteiger partial charge in [-0.15, -0.1) is 0 Å². The fourth-order valence-electron chi connectivity index (χ4n) is 2.91. The number of rotatable bonds is 6. The number of amides is 1. The molecule has 1 saturated heterocycles. The number of piperidine rings is 1. The van der Waals surface area contributed by atoms with Crippen LogP contribution < -0.4 is 4.31 Å². The molecular formula is C17H22Cl2N2O5S. The first-order valence-corrected chi connectivity index (χ1v) is 11.1. The SMILES string of the molecule is CCOC(=O)C1CCN(C(=O)CN(c2cccc(Cl)c2Cl)S(C)(=O)=O)CC1. The first-order chi connectivity index (χ1) is 12.6. The van der Waals surface area contributed by atoms with E-state index in [1.54, 1.807) is 17.9 Å². The highest BCUT2D eigenvalue weighted by molar-refractivity contribution is 7.92. The largest absolute Gasteiger partial charge is 0.466 e. The minimum Gasteiger partial charge on any atom is -0.466 e. The first-order valence-electron chi connectivity index (χ1n) is 8.51. The van der Waals surface area contributed by atoms with Gasteiger partial charge in [-0.1, -0.05) is 29.3 Å². The third kappa shape index (κ3) is 5.49. The van der Waals surface area contributed by atoms with Crippen LogP contribution in [0.4, 0.5) is 5.69 Å². The van der Waals surface area contributed by atoms with Crippen LogP contribution in [0.2, 0.25) is 10.0 Å². The van der Waals surface area contributed by atoms with E-state index in [1.165, 1.54) is 12.1 Å². The van der Waals surface area contributed by atoms with Gasteiger partial charge in [-0.25, -0.2) is 8.42 Å². The molecule has 1 amide bonds. The third-order valence-electron chi connectivity index (χ3n) is 4.35. The molecule has 7 nitrogen and oxygen atoms in total. The van der Waals surface area contributed by atoms with Gasteiger partial charge < -0.3 is 9.64 Å². The molecule has 1 aliphatic heterocycles. The molecule has 27 heavy (non-hydrogen) atoms. The van der Waals surface area contributed by atoms with Gasteiger partial charge in [-0.3, -0.25) is 13.9 Å². The Balaban J connectivity index is 2.10. The minimum absolute atomic E-state index is 0.0680. The Morgan fingerprint density at radius 1 is 1.26 bits per heavy atom. The Hall–Kier alpha value is -1.51. The second-order valence-electron chi connectivity index (χ2n) is 6.25. The molecule has 2 rings (SSSR count). The highest BCUT2D eigenvalue weighted by atomic mass is 35.5. The lowest BCUT2D eigenvalue weighted by Gasteiger charge is -2.33. The predicted octanol–water partition coefficient (Wildman–Crippen LogP) is 2.56. The minimum atomic E-state index is -3.75. The van der Waals surface area contributed by atoms with Crippen LogP contribution in [-0.4, -0.2) is 57.7 Å². The molecule has 1 aliphatic rings. The maximum absolute atomic E-state index is 12.7. The molecule has 0 radical (unpaired) electrons. The van der Waals surface area contributed by atoms with Crippen LogP contribution in [0.25, 0.3) is 0 Å². The number of sulfonamides is 1. The molecular weight excluding hydrogens is 415 g/mol. The number of benzene rings is 1. The van der Waals surface area contributed by atoms with Crippen molar-refractivity contribution in [1.82, 2.24) is 4.90 Å². The highest BCUT2D eigenvalue weighted by Gasteiger charge is 2.31. The molecule has 0 bridgehead atoms. The molecule has 10 heteroatoms. The molecule has 1 heterocycles. The van der Waals surface area contributed by atoms with E-state index in [2.05, 4.69) is 0 Å². The van der Waals surface area contributed by atoms with Crippen LogP contribution in [0.15, 0.2) is 18.2 Å². The van der Waals surface area contributed by atoms with Gasteiger partial charge in [0.05, 0.1) is 34.5 Å². The number of likely N-dealkylation sites (tertiary alicyclic amines) is 1. The van der Waals surface area contributed by atoms with Crippen molar-refractivity contribution in [2.75, 3.05) is 36.8 Å². The third-order valence-corrected chi connectivity index (χ3v) is 6.28. The number of halogens is 2. The summed E-state index contributed by atoms with van der Waals surface area (Å²) < 4.78 is 30.4. The van der Waals surface area contributed by atoms with E-state index >= 15 is 0 Å². The van der Waals surface area contributed by atoms with Crippen LogP contribution in [0.1, 0.15) is 19.8 Å². The van der Waals surface area contributed by atoms with E-state index in [0.29, 0.717) is 32.5 Å². The molecule has 0 unspecified atom stereocenters. The Morgan fingerprint density at radius 2 is 1.89 bits per heavy atom. The predicted molar refractivity (Wildman–Crippen MR) is 105 cm³/mol. The molecule has 1 aromatic rings. The number of hydrogen-bond donors (Lipinski definition) is 0. The van der Waals surface area contributed by atoms with E-state index in [9.17, 15) is 18.0 Å². The van der Waals surface area contributed by atoms with Crippen LogP contribution >= 0.6 is 23.2 Å². The van der Waals surface area contributed by atoms with Gasteiger partial charge in [-0.05, 0) is 31.9 Å². The van der Waals surface area contributed by atoms with Crippen molar-refractivity contribution in [3.05, 3.63) is 28.2 Å². The topological polar surface area (TPSA) is 84.0 Å². The van der Waals surface area contributed by atoms with Crippen molar-refractivity contribution >= 4 is 50.8 Å². The van der Waals surface area contributed by atoms with Crippen molar-refractivity contribution in [2.24, 2.45) is 5.92 Å². The molecule has 1 fully saturated rings. The average molecular weight is 437 g/mol. The molecule has 0 N–H and O–H groups in total. The van der Waals surface area contributed by atoms with E-state index in [0.717, 1.165) is 10.6 Å². The van der Waals surface area contributed by atoms with Crippen LogP contribution in [0.3, 0.4) is 0 Å². The standard InChI is InChI=1S/C17H22Cl2N2O5S/c1-3-26-17(23)12-7-9-20(10-8-12)15(22)11-21(27(2,24)25)14-6-4-5-13(18)16(14)19/h4-6,12H,3,7-11H2,1-2H3. The fourth-order valence-corrected chi connectivity index (χ4v) is 4.22. The fraction of sp³-hybridized carbons (Fsp3) is 0.529. The zero-order valence-electron chi connectivity index (χ0n) is 15.2. The summed E-state index contributed by atoms with van der Waals surface area (Å²) in [5.74, 6) is -0.853. The molecule has 0 atom stereocenters. The molecule has 0 aromatic heterocycles. The Labute approximate surface area is 169 Å². The van der Waals surface area contributed by atoms with Crippen LogP contribution in [0.5, 0.6) is 0 Å². The molecule has 150 valence electrons. The summed E-state index contributed by atoms with van der Waals surface area (Å²) >= 11 is 12.1. The number of esters is 1. The summed E-state index contributed by atoms with van der Waals surface area (Å²) in [5.41, 5.74) is 0.154. The average Bonchev–Trinajstić information content (AvgIpc) is 2.61. The number of carbonyl (C=O) groups is 2. The summed E-state index contributed by atoms with van der Waals surface area (Å²) in [5, 5.41) is 0.268. The lowest BCUT2D eigenvalue weighted by molar-refractivity contribution is -0.151. The number of carbonyl (C=O) groups excluding carboxylic acids is 2. The summed E-state index contributed by atoms with van der Waals surface area (Å²) in [6.45, 7) is 2.41. The number of ether oxygens (including phenoxy) is 1. The molecule has 1 aromatic carbocycles. The van der Waals surface area contributed by atoms with Crippen molar-refractivity contribution < 1.29 is 22.7 Å². The Morgan fingerprint density at radius 3 is 2.44 bits per heavy atom. The normalized spacial score (nSPS) is 15.5.